The highest BCUT2D eigenvalue weighted by Gasteiger charge is 2.09. The average Bonchev–Trinajstić information content (AvgIpc) is 3.08. The molecule has 0 bridgehead atoms. The lowest BCUT2D eigenvalue weighted by molar-refractivity contribution is -0.145. The molecule has 0 aliphatic carbocycles. The molecule has 3 aromatic rings. The summed E-state index contributed by atoms with van der Waals surface area (Å²) < 4.78 is 6.47. The van der Waals surface area contributed by atoms with Crippen molar-refractivity contribution < 1.29 is 14.3 Å². The number of ether oxygens (including phenoxy) is 1. The maximum Gasteiger partial charge on any atom is 0.325 e. The lowest BCUT2D eigenvalue weighted by Gasteiger charge is -2.06. The van der Waals surface area contributed by atoms with Gasteiger partial charge in [-0.3, -0.25) is 18.8 Å². The zero-order valence-electron chi connectivity index (χ0n) is 13.2. The molecule has 0 fully saturated rings. The van der Waals surface area contributed by atoms with Crippen molar-refractivity contribution in [2.75, 3.05) is 6.54 Å². The molecular weight excluding hydrogens is 342 g/mol. The Morgan fingerprint density at radius 3 is 2.84 bits per heavy atom. The molecule has 1 N–H and O–H groups in total. The van der Waals surface area contributed by atoms with E-state index >= 15 is 0 Å². The Balaban J connectivity index is 1.47. The summed E-state index contributed by atoms with van der Waals surface area (Å²) in [6.07, 6.45) is 1.83. The fourth-order valence-corrected chi connectivity index (χ4v) is 2.92. The molecule has 0 aliphatic rings. The van der Waals surface area contributed by atoms with Crippen LogP contribution in [0.4, 0.5) is 0 Å². The molecule has 128 valence electrons. The highest BCUT2D eigenvalue weighted by atomic mass is 32.1. The molecule has 0 saturated carbocycles. The summed E-state index contributed by atoms with van der Waals surface area (Å²) in [5.41, 5.74) is 1.01. The van der Waals surface area contributed by atoms with Crippen molar-refractivity contribution in [3.63, 3.8) is 0 Å². The number of nitrogens with zero attached hydrogens (tertiary/aromatic N) is 2. The van der Waals surface area contributed by atoms with Gasteiger partial charge in [-0.25, -0.2) is 4.98 Å². The molecule has 0 aliphatic heterocycles. The van der Waals surface area contributed by atoms with Crippen LogP contribution in [0, 0.1) is 0 Å². The predicted molar refractivity (Wildman–Crippen MR) is 92.3 cm³/mol. The van der Waals surface area contributed by atoms with Crippen molar-refractivity contribution in [2.45, 2.75) is 13.0 Å². The largest absolute Gasteiger partial charge is 0.458 e. The SMILES string of the molecule is O=C(Cc1ccccc1)NCC(=O)OCc1cc(=O)n2ccsc2n1. The van der Waals surface area contributed by atoms with Crippen LogP contribution in [0.2, 0.25) is 0 Å². The van der Waals surface area contributed by atoms with Gasteiger partial charge in [-0.05, 0) is 5.56 Å². The standard InChI is InChI=1S/C17H15N3O4S/c21-14(8-12-4-2-1-3-5-12)18-10-16(23)24-11-13-9-15(22)20-6-7-25-17(20)19-13/h1-7,9H,8,10-11H2,(H,18,21). The third-order valence-electron chi connectivity index (χ3n) is 3.37. The van der Waals surface area contributed by atoms with Crippen LogP contribution in [-0.2, 0) is 27.4 Å². The Kier molecular flexibility index (Phi) is 5.20. The highest BCUT2D eigenvalue weighted by Crippen LogP contribution is 2.07. The van der Waals surface area contributed by atoms with Crippen LogP contribution in [0.1, 0.15) is 11.3 Å². The number of thiazole rings is 1. The first-order valence-electron chi connectivity index (χ1n) is 7.54. The van der Waals surface area contributed by atoms with E-state index in [1.54, 1.807) is 11.6 Å². The molecule has 0 spiro atoms. The van der Waals surface area contributed by atoms with Crippen LogP contribution in [0.15, 0.2) is 52.8 Å². The molecule has 0 saturated heterocycles. The number of amides is 1. The fraction of sp³-hybridized carbons (Fsp3) is 0.176. The van der Waals surface area contributed by atoms with E-state index < -0.39 is 5.97 Å². The van der Waals surface area contributed by atoms with E-state index in [1.165, 1.54) is 21.8 Å². The number of rotatable bonds is 6. The number of hydrogen-bond donors (Lipinski definition) is 1. The van der Waals surface area contributed by atoms with Crippen molar-refractivity contribution >= 4 is 28.2 Å². The summed E-state index contributed by atoms with van der Waals surface area (Å²) >= 11 is 1.32. The van der Waals surface area contributed by atoms with Crippen LogP contribution < -0.4 is 10.9 Å². The fourth-order valence-electron chi connectivity index (χ4n) is 2.18. The van der Waals surface area contributed by atoms with Crippen molar-refractivity contribution in [3.8, 4) is 0 Å². The number of carbonyl (C=O) groups excluding carboxylic acids is 2. The number of aromatic nitrogens is 2. The number of hydrogen-bond acceptors (Lipinski definition) is 6. The topological polar surface area (TPSA) is 89.8 Å². The van der Waals surface area contributed by atoms with Crippen molar-refractivity contribution in [1.82, 2.24) is 14.7 Å². The minimum atomic E-state index is -0.588. The second-order valence-electron chi connectivity index (χ2n) is 5.24. The van der Waals surface area contributed by atoms with Gasteiger partial charge < -0.3 is 10.1 Å². The second-order valence-corrected chi connectivity index (χ2v) is 6.11. The maximum absolute atomic E-state index is 11.8. The van der Waals surface area contributed by atoms with Gasteiger partial charge in [0.1, 0.15) is 13.2 Å². The van der Waals surface area contributed by atoms with E-state index in [9.17, 15) is 14.4 Å². The van der Waals surface area contributed by atoms with Crippen molar-refractivity contribution in [3.05, 3.63) is 69.6 Å². The van der Waals surface area contributed by atoms with Gasteiger partial charge in [-0.15, -0.1) is 11.3 Å². The lowest BCUT2D eigenvalue weighted by Crippen LogP contribution is -2.31. The quantitative estimate of drug-likeness (QED) is 0.669. The van der Waals surface area contributed by atoms with Gasteiger partial charge in [-0.2, -0.15) is 0 Å². The van der Waals surface area contributed by atoms with Crippen molar-refractivity contribution in [2.24, 2.45) is 0 Å². The van der Waals surface area contributed by atoms with Crippen LogP contribution in [-0.4, -0.2) is 27.8 Å². The molecule has 3 rings (SSSR count). The summed E-state index contributed by atoms with van der Waals surface area (Å²) in [5.74, 6) is -0.853. The number of nitrogens with one attached hydrogen (secondary N) is 1. The molecule has 0 unspecified atom stereocenters. The summed E-state index contributed by atoms with van der Waals surface area (Å²) in [4.78, 5) is 40.1. The summed E-state index contributed by atoms with van der Waals surface area (Å²) in [5, 5.41) is 4.26. The second kappa shape index (κ2) is 7.71. The normalized spacial score (nSPS) is 10.6. The van der Waals surface area contributed by atoms with Crippen LogP contribution >= 0.6 is 11.3 Å². The average molecular weight is 357 g/mol. The van der Waals surface area contributed by atoms with E-state index in [0.717, 1.165) is 5.56 Å². The molecule has 8 heteroatoms. The smallest absolute Gasteiger partial charge is 0.325 e. The first-order valence-corrected chi connectivity index (χ1v) is 8.42. The Hall–Kier alpha value is -3.00. The third kappa shape index (κ3) is 4.51. The molecule has 1 amide bonds. The number of fused-ring (bicyclic) bond motifs is 1. The number of esters is 1. The highest BCUT2D eigenvalue weighted by molar-refractivity contribution is 7.15. The lowest BCUT2D eigenvalue weighted by atomic mass is 10.1. The molecule has 25 heavy (non-hydrogen) atoms. The van der Waals surface area contributed by atoms with E-state index in [-0.39, 0.29) is 31.0 Å². The molecule has 0 radical (unpaired) electrons. The number of benzene rings is 1. The molecule has 7 nitrogen and oxygen atoms in total. The molecule has 2 aromatic heterocycles. The van der Waals surface area contributed by atoms with Gasteiger partial charge >= 0.3 is 5.97 Å². The van der Waals surface area contributed by atoms with E-state index in [2.05, 4.69) is 10.3 Å². The molecule has 0 atom stereocenters. The third-order valence-corrected chi connectivity index (χ3v) is 4.13. The monoisotopic (exact) mass is 357 g/mol. The predicted octanol–water partition coefficient (Wildman–Crippen LogP) is 1.16. The first-order chi connectivity index (χ1) is 12.1. The van der Waals surface area contributed by atoms with Crippen LogP contribution in [0.3, 0.4) is 0 Å². The summed E-state index contributed by atoms with van der Waals surface area (Å²) in [7, 11) is 0. The molecular formula is C17H15N3O4S. The van der Waals surface area contributed by atoms with E-state index in [4.69, 9.17) is 4.74 Å². The Morgan fingerprint density at radius 1 is 1.24 bits per heavy atom. The minimum absolute atomic E-state index is 0.114. The van der Waals surface area contributed by atoms with Crippen molar-refractivity contribution in [1.29, 1.82) is 0 Å². The Labute approximate surface area is 146 Å². The minimum Gasteiger partial charge on any atom is -0.458 e. The van der Waals surface area contributed by atoms with Gasteiger partial charge in [0.25, 0.3) is 5.56 Å². The zero-order chi connectivity index (χ0) is 17.6. The molecule has 1 aromatic carbocycles. The van der Waals surface area contributed by atoms with Gasteiger partial charge in [0, 0.05) is 17.6 Å². The van der Waals surface area contributed by atoms with Gasteiger partial charge in [0.2, 0.25) is 5.91 Å². The van der Waals surface area contributed by atoms with Gasteiger partial charge in [-0.1, -0.05) is 30.3 Å². The van der Waals surface area contributed by atoms with Crippen LogP contribution in [0.5, 0.6) is 0 Å². The first kappa shape index (κ1) is 16.8. The van der Waals surface area contributed by atoms with E-state index in [0.29, 0.717) is 10.7 Å². The van der Waals surface area contributed by atoms with Gasteiger partial charge in [0.05, 0.1) is 12.1 Å². The zero-order valence-corrected chi connectivity index (χ0v) is 14.0. The van der Waals surface area contributed by atoms with Crippen LogP contribution in [0.25, 0.3) is 4.96 Å². The maximum atomic E-state index is 11.8. The Morgan fingerprint density at radius 2 is 2.04 bits per heavy atom. The Bertz CT molecular complexity index is 949. The van der Waals surface area contributed by atoms with E-state index in [1.807, 2.05) is 30.3 Å². The summed E-state index contributed by atoms with van der Waals surface area (Å²) in [6, 6.07) is 10.5. The molecule has 2 heterocycles. The number of carbonyl (C=O) groups is 2. The summed E-state index contributed by atoms with van der Waals surface area (Å²) in [6.45, 7) is -0.344. The van der Waals surface area contributed by atoms with Gasteiger partial charge in [0.15, 0.2) is 4.96 Å².